The van der Waals surface area contributed by atoms with Gasteiger partial charge in [0.25, 0.3) is 0 Å². The number of benzene rings is 1. The van der Waals surface area contributed by atoms with Crippen molar-refractivity contribution in [1.82, 2.24) is 15.5 Å². The van der Waals surface area contributed by atoms with E-state index in [9.17, 15) is 4.79 Å². The Morgan fingerprint density at radius 2 is 1.94 bits per heavy atom. The number of ether oxygens (including phenoxy) is 1. The summed E-state index contributed by atoms with van der Waals surface area (Å²) >= 11 is 0. The van der Waals surface area contributed by atoms with Crippen LogP contribution in [0.1, 0.15) is 46.6 Å². The minimum Gasteiger partial charge on any atom is -0.379 e. The van der Waals surface area contributed by atoms with Crippen LogP contribution in [0.2, 0.25) is 0 Å². The van der Waals surface area contributed by atoms with E-state index in [1.807, 2.05) is 38.1 Å². The smallest absolute Gasteiger partial charge is 0.224 e. The molecule has 0 atom stereocenters. The highest BCUT2D eigenvalue weighted by molar-refractivity contribution is 14.0. The van der Waals surface area contributed by atoms with E-state index in [0.717, 1.165) is 56.6 Å². The summed E-state index contributed by atoms with van der Waals surface area (Å²) in [6, 6.07) is 7.89. The average Bonchev–Trinajstić information content (AvgIpc) is 2.70. The van der Waals surface area contributed by atoms with Crippen molar-refractivity contribution in [2.45, 2.75) is 53.1 Å². The first-order valence-electron chi connectivity index (χ1n) is 11.0. The monoisotopic (exact) mass is 545 g/mol. The first-order chi connectivity index (χ1) is 14.3. The Morgan fingerprint density at radius 3 is 2.58 bits per heavy atom. The van der Waals surface area contributed by atoms with E-state index < -0.39 is 0 Å². The van der Waals surface area contributed by atoms with Crippen molar-refractivity contribution < 1.29 is 9.53 Å². The van der Waals surface area contributed by atoms with Gasteiger partial charge in [0, 0.05) is 43.8 Å². The fourth-order valence-electron chi connectivity index (χ4n) is 3.42. The van der Waals surface area contributed by atoms with Gasteiger partial charge < -0.3 is 20.7 Å². The fraction of sp³-hybridized carbons (Fsp3) is 0.652. The third kappa shape index (κ3) is 10.2. The van der Waals surface area contributed by atoms with Crippen LogP contribution in [0, 0.1) is 5.92 Å². The quantitative estimate of drug-likeness (QED) is 0.252. The van der Waals surface area contributed by atoms with Gasteiger partial charge in [0.05, 0.1) is 19.8 Å². The zero-order valence-corrected chi connectivity index (χ0v) is 22.0. The molecule has 1 aromatic carbocycles. The van der Waals surface area contributed by atoms with Crippen LogP contribution in [0.25, 0.3) is 0 Å². The molecule has 1 amide bonds. The molecule has 0 radical (unpaired) electrons. The van der Waals surface area contributed by atoms with Crippen molar-refractivity contribution in [3.05, 3.63) is 29.8 Å². The molecule has 3 N–H and O–H groups in total. The first kappa shape index (κ1) is 27.6. The molecule has 1 aromatic rings. The maximum Gasteiger partial charge on any atom is 0.224 e. The Hall–Kier alpha value is -1.39. The molecule has 176 valence electrons. The second-order valence-electron chi connectivity index (χ2n) is 8.81. The van der Waals surface area contributed by atoms with Gasteiger partial charge >= 0.3 is 0 Å². The Bertz CT molecular complexity index is 703. The highest BCUT2D eigenvalue weighted by Gasteiger charge is 2.28. The SMILES string of the molecule is CCNC(=NCc1cccc(NC(=O)CC(C)C)c1)NCC(C)(C)N1CCOCC1.I. The molecule has 0 unspecified atom stereocenters. The minimum atomic E-state index is 0. The van der Waals surface area contributed by atoms with Crippen molar-refractivity contribution in [1.29, 1.82) is 0 Å². The number of nitrogens with zero attached hydrogens (tertiary/aromatic N) is 2. The van der Waals surface area contributed by atoms with Gasteiger partial charge in [-0.25, -0.2) is 4.99 Å². The van der Waals surface area contributed by atoms with E-state index in [1.165, 1.54) is 0 Å². The highest BCUT2D eigenvalue weighted by atomic mass is 127. The maximum atomic E-state index is 12.0. The van der Waals surface area contributed by atoms with Crippen LogP contribution in [0.5, 0.6) is 0 Å². The summed E-state index contributed by atoms with van der Waals surface area (Å²) in [6.45, 7) is 16.3. The number of hydrogen-bond donors (Lipinski definition) is 3. The molecule has 1 saturated heterocycles. The zero-order chi connectivity index (χ0) is 22.0. The van der Waals surface area contributed by atoms with Gasteiger partial charge in [-0.1, -0.05) is 26.0 Å². The average molecular weight is 546 g/mol. The van der Waals surface area contributed by atoms with Gasteiger partial charge in [-0.3, -0.25) is 9.69 Å². The van der Waals surface area contributed by atoms with Crippen LogP contribution in [-0.2, 0) is 16.1 Å². The standard InChI is InChI=1S/C23H39N5O2.HI/c1-6-24-22(26-17-23(4,5)28-10-12-30-13-11-28)25-16-19-8-7-9-20(15-19)27-21(29)14-18(2)3;/h7-9,15,18H,6,10-14,16-17H2,1-5H3,(H,27,29)(H2,24,25,26);1H. The minimum absolute atomic E-state index is 0. The van der Waals surface area contributed by atoms with Crippen LogP contribution in [0.4, 0.5) is 5.69 Å². The van der Waals surface area contributed by atoms with E-state index in [0.29, 0.717) is 18.9 Å². The predicted octanol–water partition coefficient (Wildman–Crippen LogP) is 3.46. The molecule has 0 aromatic heterocycles. The summed E-state index contributed by atoms with van der Waals surface area (Å²) in [5.41, 5.74) is 1.89. The lowest BCUT2D eigenvalue weighted by Gasteiger charge is -2.41. The number of carbonyl (C=O) groups excluding carboxylic acids is 1. The molecule has 0 spiro atoms. The Morgan fingerprint density at radius 1 is 1.23 bits per heavy atom. The largest absolute Gasteiger partial charge is 0.379 e. The van der Waals surface area contributed by atoms with Gasteiger partial charge in [0.1, 0.15) is 0 Å². The molecular formula is C23H40IN5O2. The van der Waals surface area contributed by atoms with Crippen molar-refractivity contribution in [3.8, 4) is 0 Å². The second kappa shape index (κ2) is 13.9. The number of nitrogens with one attached hydrogen (secondary N) is 3. The normalized spacial score (nSPS) is 15.4. The maximum absolute atomic E-state index is 12.0. The number of rotatable bonds is 9. The van der Waals surface area contributed by atoms with E-state index in [-0.39, 0.29) is 35.4 Å². The van der Waals surface area contributed by atoms with E-state index in [4.69, 9.17) is 9.73 Å². The van der Waals surface area contributed by atoms with E-state index in [2.05, 4.69) is 41.6 Å². The fourth-order valence-corrected chi connectivity index (χ4v) is 3.42. The Balaban J connectivity index is 0.00000480. The van der Waals surface area contributed by atoms with Crippen LogP contribution in [0.15, 0.2) is 29.3 Å². The van der Waals surface area contributed by atoms with Gasteiger partial charge in [-0.15, -0.1) is 24.0 Å². The van der Waals surface area contributed by atoms with E-state index in [1.54, 1.807) is 0 Å². The molecule has 1 fully saturated rings. The van der Waals surface area contributed by atoms with Crippen molar-refractivity contribution in [2.24, 2.45) is 10.9 Å². The van der Waals surface area contributed by atoms with Crippen LogP contribution in [-0.4, -0.2) is 61.7 Å². The van der Waals surface area contributed by atoms with Crippen molar-refractivity contribution >= 4 is 41.5 Å². The topological polar surface area (TPSA) is 78.0 Å². The summed E-state index contributed by atoms with van der Waals surface area (Å²) in [4.78, 5) is 19.2. The Labute approximate surface area is 204 Å². The Kier molecular flexibility index (Phi) is 12.4. The molecule has 0 aliphatic carbocycles. The molecule has 31 heavy (non-hydrogen) atoms. The molecule has 0 saturated carbocycles. The third-order valence-electron chi connectivity index (χ3n) is 5.12. The lowest BCUT2D eigenvalue weighted by atomic mass is 10.0. The number of aliphatic imine (C=N–C) groups is 1. The summed E-state index contributed by atoms with van der Waals surface area (Å²) < 4.78 is 5.47. The van der Waals surface area contributed by atoms with Crippen LogP contribution < -0.4 is 16.0 Å². The van der Waals surface area contributed by atoms with Crippen LogP contribution >= 0.6 is 24.0 Å². The number of morpholine rings is 1. The van der Waals surface area contributed by atoms with Crippen molar-refractivity contribution in [3.63, 3.8) is 0 Å². The summed E-state index contributed by atoms with van der Waals surface area (Å²) in [6.07, 6.45) is 0.524. The summed E-state index contributed by atoms with van der Waals surface area (Å²) in [5, 5.41) is 9.78. The van der Waals surface area contributed by atoms with Crippen LogP contribution in [0.3, 0.4) is 0 Å². The third-order valence-corrected chi connectivity index (χ3v) is 5.12. The number of anilines is 1. The summed E-state index contributed by atoms with van der Waals surface area (Å²) in [7, 11) is 0. The lowest BCUT2D eigenvalue weighted by Crippen LogP contribution is -2.56. The molecule has 8 heteroatoms. The molecule has 0 bridgehead atoms. The molecule has 1 aliphatic rings. The molecule has 7 nitrogen and oxygen atoms in total. The van der Waals surface area contributed by atoms with Gasteiger partial charge in [-0.2, -0.15) is 0 Å². The van der Waals surface area contributed by atoms with E-state index >= 15 is 0 Å². The number of halogens is 1. The lowest BCUT2D eigenvalue weighted by molar-refractivity contribution is -0.116. The molecule has 1 aliphatic heterocycles. The number of carbonyl (C=O) groups is 1. The summed E-state index contributed by atoms with van der Waals surface area (Å²) in [5.74, 6) is 1.19. The van der Waals surface area contributed by atoms with Gasteiger partial charge in [-0.05, 0) is 44.4 Å². The highest BCUT2D eigenvalue weighted by Crippen LogP contribution is 2.15. The number of guanidine groups is 1. The number of hydrogen-bond acceptors (Lipinski definition) is 4. The molecule has 2 rings (SSSR count). The first-order valence-corrected chi connectivity index (χ1v) is 11.0. The predicted molar refractivity (Wildman–Crippen MR) is 139 cm³/mol. The molecule has 1 heterocycles. The number of amides is 1. The zero-order valence-electron chi connectivity index (χ0n) is 19.7. The van der Waals surface area contributed by atoms with Gasteiger partial charge in [0.2, 0.25) is 5.91 Å². The van der Waals surface area contributed by atoms with Gasteiger partial charge in [0.15, 0.2) is 5.96 Å². The second-order valence-corrected chi connectivity index (χ2v) is 8.81. The molecular weight excluding hydrogens is 505 g/mol. The van der Waals surface area contributed by atoms with Crippen molar-refractivity contribution in [2.75, 3.05) is 44.7 Å².